The van der Waals surface area contributed by atoms with Crippen LogP contribution in [0.15, 0.2) is 48.5 Å². The fourth-order valence-corrected chi connectivity index (χ4v) is 3.46. The summed E-state index contributed by atoms with van der Waals surface area (Å²) < 4.78 is 5.39. The van der Waals surface area contributed by atoms with Gasteiger partial charge in [0, 0.05) is 24.6 Å². The lowest BCUT2D eigenvalue weighted by Gasteiger charge is -2.30. The molecule has 0 saturated heterocycles. The zero-order valence-corrected chi connectivity index (χ0v) is 15.9. The van der Waals surface area contributed by atoms with E-state index >= 15 is 0 Å². The number of ether oxygens (including phenoxy) is 1. The zero-order valence-electron chi connectivity index (χ0n) is 15.9. The fraction of sp³-hybridized carbons (Fsp3) is 0.333. The number of nitrogens with zero attached hydrogens (tertiary/aromatic N) is 2. The first-order chi connectivity index (χ1) is 13.0. The number of hydrogen-bond donors (Lipinski definition) is 1. The number of fused-ring (bicyclic) bond motifs is 1. The molecule has 2 amide bonds. The molecule has 142 valence electrons. The summed E-state index contributed by atoms with van der Waals surface area (Å²) >= 11 is 0. The van der Waals surface area contributed by atoms with E-state index in [0.29, 0.717) is 12.2 Å². The second kappa shape index (κ2) is 8.22. The molecule has 1 atom stereocenters. The molecule has 6 nitrogen and oxygen atoms in total. The van der Waals surface area contributed by atoms with Gasteiger partial charge in [-0.2, -0.15) is 0 Å². The molecule has 1 aliphatic rings. The van der Waals surface area contributed by atoms with E-state index in [9.17, 15) is 9.59 Å². The van der Waals surface area contributed by atoms with E-state index in [2.05, 4.69) is 5.32 Å². The van der Waals surface area contributed by atoms with E-state index in [0.717, 1.165) is 17.0 Å². The lowest BCUT2D eigenvalue weighted by atomic mass is 10.1. The Morgan fingerprint density at radius 3 is 2.70 bits per heavy atom. The summed E-state index contributed by atoms with van der Waals surface area (Å²) in [5.41, 5.74) is 2.44. The topological polar surface area (TPSA) is 61.9 Å². The molecule has 0 radical (unpaired) electrons. The Balaban J connectivity index is 1.77. The third-order valence-electron chi connectivity index (χ3n) is 4.67. The smallest absolute Gasteiger partial charge is 0.241 e. The van der Waals surface area contributed by atoms with Crippen molar-refractivity contribution in [2.45, 2.75) is 25.9 Å². The van der Waals surface area contributed by atoms with Gasteiger partial charge in [-0.05, 0) is 32.2 Å². The lowest BCUT2D eigenvalue weighted by Crippen LogP contribution is -2.44. The molecular weight excluding hydrogens is 342 g/mol. The number of benzene rings is 2. The predicted molar refractivity (Wildman–Crippen MR) is 106 cm³/mol. The van der Waals surface area contributed by atoms with Crippen LogP contribution < -0.4 is 15.0 Å². The van der Waals surface area contributed by atoms with Gasteiger partial charge in [0.25, 0.3) is 0 Å². The molecular formula is C21H25N3O3. The minimum Gasteiger partial charge on any atom is -0.496 e. The predicted octanol–water partition coefficient (Wildman–Crippen LogP) is 2.89. The molecule has 2 aromatic carbocycles. The van der Waals surface area contributed by atoms with Crippen LogP contribution in [0.2, 0.25) is 0 Å². The molecule has 0 saturated carbocycles. The van der Waals surface area contributed by atoms with Gasteiger partial charge in [0.05, 0.1) is 25.0 Å². The first kappa shape index (κ1) is 18.9. The number of para-hydroxylation sites is 3. The van der Waals surface area contributed by atoms with Crippen molar-refractivity contribution in [2.75, 3.05) is 30.9 Å². The SMILES string of the molecule is COc1ccccc1CN(C)CC(=O)N1c2ccccc2NC(=O)CC1C. The second-order valence-electron chi connectivity index (χ2n) is 6.87. The standard InChI is InChI=1S/C21H25N3O3/c1-15-12-20(25)22-17-9-5-6-10-18(17)24(15)21(26)14-23(2)13-16-8-4-7-11-19(16)27-3/h4-11,15H,12-14H2,1-3H3,(H,22,25). The van der Waals surface area contributed by atoms with Crippen molar-refractivity contribution in [3.8, 4) is 5.75 Å². The van der Waals surface area contributed by atoms with Gasteiger partial charge >= 0.3 is 0 Å². The van der Waals surface area contributed by atoms with E-state index in [1.54, 1.807) is 12.0 Å². The third-order valence-corrected chi connectivity index (χ3v) is 4.67. The Labute approximate surface area is 159 Å². The number of rotatable bonds is 5. The molecule has 1 heterocycles. The Hall–Kier alpha value is -2.86. The summed E-state index contributed by atoms with van der Waals surface area (Å²) in [7, 11) is 3.55. The average molecular weight is 367 g/mol. The summed E-state index contributed by atoms with van der Waals surface area (Å²) in [5, 5.41) is 2.88. The molecule has 0 spiro atoms. The molecule has 3 rings (SSSR count). The molecule has 0 aromatic heterocycles. The van der Waals surface area contributed by atoms with Crippen molar-refractivity contribution in [2.24, 2.45) is 0 Å². The first-order valence-electron chi connectivity index (χ1n) is 9.01. The maximum Gasteiger partial charge on any atom is 0.241 e. The molecule has 27 heavy (non-hydrogen) atoms. The molecule has 1 aliphatic heterocycles. The first-order valence-corrected chi connectivity index (χ1v) is 9.01. The number of nitrogens with one attached hydrogen (secondary N) is 1. The Bertz CT molecular complexity index is 837. The second-order valence-corrected chi connectivity index (χ2v) is 6.87. The number of likely N-dealkylation sites (N-methyl/N-ethyl adjacent to an activating group) is 1. The molecule has 0 fully saturated rings. The van der Waals surface area contributed by atoms with Gasteiger partial charge in [-0.15, -0.1) is 0 Å². The quantitative estimate of drug-likeness (QED) is 0.883. The highest BCUT2D eigenvalue weighted by Gasteiger charge is 2.29. The van der Waals surface area contributed by atoms with Crippen LogP contribution in [0.3, 0.4) is 0 Å². The van der Waals surface area contributed by atoms with Gasteiger partial charge in [-0.1, -0.05) is 30.3 Å². The minimum absolute atomic E-state index is 0.0381. The van der Waals surface area contributed by atoms with E-state index in [4.69, 9.17) is 4.74 Å². The maximum atomic E-state index is 13.1. The van der Waals surface area contributed by atoms with Crippen LogP contribution in [0, 0.1) is 0 Å². The van der Waals surface area contributed by atoms with E-state index in [-0.39, 0.29) is 30.8 Å². The van der Waals surface area contributed by atoms with Crippen LogP contribution in [-0.4, -0.2) is 43.5 Å². The van der Waals surface area contributed by atoms with Crippen LogP contribution in [-0.2, 0) is 16.1 Å². The Morgan fingerprint density at radius 1 is 1.22 bits per heavy atom. The molecule has 0 bridgehead atoms. The molecule has 2 aromatic rings. The number of amides is 2. The van der Waals surface area contributed by atoms with Gasteiger partial charge < -0.3 is 15.0 Å². The van der Waals surface area contributed by atoms with Crippen molar-refractivity contribution in [3.05, 3.63) is 54.1 Å². The monoisotopic (exact) mass is 367 g/mol. The average Bonchev–Trinajstić information content (AvgIpc) is 2.76. The molecule has 1 N–H and O–H groups in total. The summed E-state index contributed by atoms with van der Waals surface area (Å²) in [5.74, 6) is 0.691. The van der Waals surface area contributed by atoms with Crippen molar-refractivity contribution < 1.29 is 14.3 Å². The van der Waals surface area contributed by atoms with Gasteiger partial charge in [-0.25, -0.2) is 0 Å². The van der Waals surface area contributed by atoms with E-state index in [1.807, 2.05) is 67.4 Å². The van der Waals surface area contributed by atoms with E-state index in [1.165, 1.54) is 0 Å². The summed E-state index contributed by atoms with van der Waals surface area (Å²) in [6, 6.07) is 15.0. The van der Waals surface area contributed by atoms with E-state index < -0.39 is 0 Å². The zero-order chi connectivity index (χ0) is 19.4. The highest BCUT2D eigenvalue weighted by molar-refractivity contribution is 6.04. The Morgan fingerprint density at radius 2 is 1.93 bits per heavy atom. The molecule has 0 aliphatic carbocycles. The lowest BCUT2D eigenvalue weighted by molar-refractivity contribution is -0.120. The van der Waals surface area contributed by atoms with Gasteiger partial charge in [0.1, 0.15) is 5.75 Å². The largest absolute Gasteiger partial charge is 0.496 e. The number of hydrogen-bond acceptors (Lipinski definition) is 4. The number of carbonyl (C=O) groups is 2. The summed E-state index contributed by atoms with van der Waals surface area (Å²) in [6.45, 7) is 2.74. The van der Waals surface area contributed by atoms with Crippen LogP contribution in [0.1, 0.15) is 18.9 Å². The highest BCUT2D eigenvalue weighted by Crippen LogP contribution is 2.31. The van der Waals surface area contributed by atoms with Gasteiger partial charge in [0.15, 0.2) is 0 Å². The van der Waals surface area contributed by atoms with Crippen molar-refractivity contribution in [3.63, 3.8) is 0 Å². The van der Waals surface area contributed by atoms with Crippen molar-refractivity contribution in [1.29, 1.82) is 0 Å². The molecule has 1 unspecified atom stereocenters. The summed E-state index contributed by atoms with van der Waals surface area (Å²) in [4.78, 5) is 28.9. The van der Waals surface area contributed by atoms with Crippen LogP contribution >= 0.6 is 0 Å². The van der Waals surface area contributed by atoms with Crippen molar-refractivity contribution in [1.82, 2.24) is 4.90 Å². The number of carbonyl (C=O) groups excluding carboxylic acids is 2. The van der Waals surface area contributed by atoms with Crippen LogP contribution in [0.4, 0.5) is 11.4 Å². The van der Waals surface area contributed by atoms with Crippen LogP contribution in [0.25, 0.3) is 0 Å². The Kier molecular flexibility index (Phi) is 5.76. The maximum absolute atomic E-state index is 13.1. The van der Waals surface area contributed by atoms with Crippen molar-refractivity contribution >= 4 is 23.2 Å². The molecule has 6 heteroatoms. The minimum atomic E-state index is -0.208. The number of methoxy groups -OCH3 is 1. The normalized spacial score (nSPS) is 16.5. The highest BCUT2D eigenvalue weighted by atomic mass is 16.5. The van der Waals surface area contributed by atoms with Gasteiger partial charge in [-0.3, -0.25) is 14.5 Å². The fourth-order valence-electron chi connectivity index (χ4n) is 3.46. The van der Waals surface area contributed by atoms with Crippen LogP contribution in [0.5, 0.6) is 5.75 Å². The van der Waals surface area contributed by atoms with Gasteiger partial charge in [0.2, 0.25) is 11.8 Å². The third kappa shape index (κ3) is 4.28. The number of anilines is 2. The summed E-state index contributed by atoms with van der Waals surface area (Å²) in [6.07, 6.45) is 0.274.